The van der Waals surface area contributed by atoms with Crippen LogP contribution in [0.5, 0.6) is 0 Å². The lowest BCUT2D eigenvalue weighted by Gasteiger charge is -2.34. The van der Waals surface area contributed by atoms with E-state index in [4.69, 9.17) is 4.52 Å². The molecule has 1 aliphatic heterocycles. The lowest BCUT2D eigenvalue weighted by Crippen LogP contribution is -2.48. The number of rotatable bonds is 6. The van der Waals surface area contributed by atoms with Crippen LogP contribution < -0.4 is 5.32 Å². The average molecular weight is 344 g/mol. The van der Waals surface area contributed by atoms with Gasteiger partial charge in [-0.1, -0.05) is 5.16 Å². The van der Waals surface area contributed by atoms with Crippen molar-refractivity contribution < 1.29 is 9.32 Å². The highest BCUT2D eigenvalue weighted by molar-refractivity contribution is 5.76. The van der Waals surface area contributed by atoms with Gasteiger partial charge in [0.2, 0.25) is 11.9 Å². The van der Waals surface area contributed by atoms with Gasteiger partial charge in [0.25, 0.3) is 0 Å². The molecule has 0 spiro atoms. The molecular formula is C17H24N6O2. The summed E-state index contributed by atoms with van der Waals surface area (Å²) in [5.41, 5.74) is 2.11. The fraction of sp³-hybridized carbons (Fsp3) is 0.529. The molecule has 25 heavy (non-hydrogen) atoms. The largest absolute Gasteiger partial charge is 0.361 e. The van der Waals surface area contributed by atoms with Gasteiger partial charge in [-0.05, 0) is 19.9 Å². The second-order valence-corrected chi connectivity index (χ2v) is 6.21. The third kappa shape index (κ3) is 4.54. The van der Waals surface area contributed by atoms with Gasteiger partial charge >= 0.3 is 0 Å². The summed E-state index contributed by atoms with van der Waals surface area (Å²) in [4.78, 5) is 24.8. The van der Waals surface area contributed by atoms with Crippen LogP contribution in [-0.2, 0) is 11.3 Å². The highest BCUT2D eigenvalue weighted by Gasteiger charge is 2.22. The molecule has 1 saturated heterocycles. The van der Waals surface area contributed by atoms with E-state index in [1.807, 2.05) is 18.7 Å². The molecule has 1 amide bonds. The van der Waals surface area contributed by atoms with Gasteiger partial charge in [-0.3, -0.25) is 9.69 Å². The zero-order valence-corrected chi connectivity index (χ0v) is 14.7. The first kappa shape index (κ1) is 17.3. The number of hydrogen-bond donors (Lipinski definition) is 1. The molecule has 0 saturated carbocycles. The molecule has 2 aromatic heterocycles. The minimum Gasteiger partial charge on any atom is -0.361 e. The van der Waals surface area contributed by atoms with Gasteiger partial charge in [0.1, 0.15) is 5.76 Å². The number of amides is 1. The van der Waals surface area contributed by atoms with Gasteiger partial charge in [0, 0.05) is 63.6 Å². The molecule has 0 unspecified atom stereocenters. The number of anilines is 1. The van der Waals surface area contributed by atoms with Crippen LogP contribution in [0.25, 0.3) is 0 Å². The topological polar surface area (TPSA) is 87.4 Å². The first-order valence-corrected chi connectivity index (χ1v) is 8.56. The molecule has 134 valence electrons. The van der Waals surface area contributed by atoms with E-state index >= 15 is 0 Å². The maximum Gasteiger partial charge on any atom is 0.224 e. The summed E-state index contributed by atoms with van der Waals surface area (Å²) >= 11 is 0. The minimum absolute atomic E-state index is 0.167. The normalized spacial score (nSPS) is 15.4. The fourth-order valence-corrected chi connectivity index (χ4v) is 2.94. The molecule has 3 heterocycles. The zero-order chi connectivity index (χ0) is 17.6. The maximum atomic E-state index is 12.3. The molecule has 8 nitrogen and oxygen atoms in total. The molecule has 2 aromatic rings. The molecular weight excluding hydrogens is 320 g/mol. The molecule has 8 heteroatoms. The monoisotopic (exact) mass is 344 g/mol. The van der Waals surface area contributed by atoms with E-state index < -0.39 is 0 Å². The first-order valence-electron chi connectivity index (χ1n) is 8.56. The number of nitrogens with one attached hydrogen (secondary N) is 1. The summed E-state index contributed by atoms with van der Waals surface area (Å²) in [6.07, 6.45) is 3.80. The molecule has 0 aromatic carbocycles. The lowest BCUT2D eigenvalue weighted by atomic mass is 10.1. The highest BCUT2D eigenvalue weighted by atomic mass is 16.5. The minimum atomic E-state index is 0.167. The number of piperazine rings is 1. The van der Waals surface area contributed by atoms with E-state index in [0.717, 1.165) is 49.7 Å². The Morgan fingerprint density at radius 2 is 1.92 bits per heavy atom. The third-order valence-corrected chi connectivity index (χ3v) is 4.48. The van der Waals surface area contributed by atoms with Crippen LogP contribution in [0.4, 0.5) is 5.95 Å². The van der Waals surface area contributed by atoms with Gasteiger partial charge < -0.3 is 14.7 Å². The maximum absolute atomic E-state index is 12.3. The van der Waals surface area contributed by atoms with Crippen LogP contribution in [0.1, 0.15) is 23.4 Å². The first-order chi connectivity index (χ1) is 12.1. The van der Waals surface area contributed by atoms with Crippen molar-refractivity contribution in [3.8, 4) is 0 Å². The van der Waals surface area contributed by atoms with E-state index in [9.17, 15) is 4.79 Å². The molecule has 0 bridgehead atoms. The van der Waals surface area contributed by atoms with Crippen molar-refractivity contribution in [2.75, 3.05) is 38.0 Å². The predicted octanol–water partition coefficient (Wildman–Crippen LogP) is 1.23. The van der Waals surface area contributed by atoms with E-state index in [0.29, 0.717) is 18.9 Å². The van der Waals surface area contributed by atoms with Crippen molar-refractivity contribution in [2.24, 2.45) is 0 Å². The Labute approximate surface area is 147 Å². The smallest absolute Gasteiger partial charge is 0.224 e. The summed E-state index contributed by atoms with van der Waals surface area (Å²) < 4.78 is 5.22. The Balaban J connectivity index is 1.40. The SMILES string of the molecule is Cc1noc(C)c1CN1CCN(C(=O)CCNc2ncccn2)CC1. The molecule has 0 radical (unpaired) electrons. The number of aromatic nitrogens is 3. The number of nitrogens with zero attached hydrogens (tertiary/aromatic N) is 5. The molecule has 1 aliphatic rings. The molecule has 3 rings (SSSR count). The number of hydrogen-bond acceptors (Lipinski definition) is 7. The number of carbonyl (C=O) groups is 1. The van der Waals surface area contributed by atoms with Gasteiger partial charge in [0.05, 0.1) is 5.69 Å². The fourth-order valence-electron chi connectivity index (χ4n) is 2.94. The molecule has 0 atom stereocenters. The van der Waals surface area contributed by atoms with Crippen molar-refractivity contribution in [3.63, 3.8) is 0 Å². The van der Waals surface area contributed by atoms with Gasteiger partial charge in [0.15, 0.2) is 0 Å². The number of aryl methyl sites for hydroxylation is 2. The van der Waals surface area contributed by atoms with E-state index in [1.54, 1.807) is 18.5 Å². The lowest BCUT2D eigenvalue weighted by molar-refractivity contribution is -0.132. The Morgan fingerprint density at radius 3 is 2.56 bits per heavy atom. The van der Waals surface area contributed by atoms with Crippen LogP contribution in [0.3, 0.4) is 0 Å². The summed E-state index contributed by atoms with van der Waals surface area (Å²) in [6.45, 7) is 8.52. The molecule has 0 aliphatic carbocycles. The standard InChI is InChI=1S/C17H24N6O2/c1-13-15(14(2)25-21-13)12-22-8-10-23(11-9-22)16(24)4-7-20-17-18-5-3-6-19-17/h3,5-6H,4,7-12H2,1-2H3,(H,18,19,20). The second-order valence-electron chi connectivity index (χ2n) is 6.21. The van der Waals surface area contributed by atoms with Crippen molar-refractivity contribution in [3.05, 3.63) is 35.5 Å². The molecule has 1 N–H and O–H groups in total. The van der Waals surface area contributed by atoms with Crippen LogP contribution >= 0.6 is 0 Å². The predicted molar refractivity (Wildman–Crippen MR) is 93.0 cm³/mol. The average Bonchev–Trinajstić information content (AvgIpc) is 2.95. The van der Waals surface area contributed by atoms with Crippen LogP contribution in [0, 0.1) is 13.8 Å². The van der Waals surface area contributed by atoms with E-state index in [1.165, 1.54) is 0 Å². The zero-order valence-electron chi connectivity index (χ0n) is 14.7. The summed E-state index contributed by atoms with van der Waals surface area (Å²) in [7, 11) is 0. The Kier molecular flexibility index (Phi) is 5.60. The van der Waals surface area contributed by atoms with Crippen molar-refractivity contribution in [1.82, 2.24) is 24.9 Å². The number of carbonyl (C=O) groups excluding carboxylic acids is 1. The van der Waals surface area contributed by atoms with Crippen molar-refractivity contribution in [1.29, 1.82) is 0 Å². The van der Waals surface area contributed by atoms with Crippen molar-refractivity contribution >= 4 is 11.9 Å². The Bertz CT molecular complexity index is 675. The summed E-state index contributed by atoms with van der Waals surface area (Å²) in [5.74, 6) is 1.60. The summed E-state index contributed by atoms with van der Waals surface area (Å²) in [5, 5.41) is 7.07. The quantitative estimate of drug-likeness (QED) is 0.843. The Morgan fingerprint density at radius 1 is 1.20 bits per heavy atom. The van der Waals surface area contributed by atoms with Crippen LogP contribution in [0.2, 0.25) is 0 Å². The third-order valence-electron chi connectivity index (χ3n) is 4.48. The second kappa shape index (κ2) is 8.06. The van der Waals surface area contributed by atoms with Crippen LogP contribution in [0.15, 0.2) is 23.0 Å². The Hall–Kier alpha value is -2.48. The van der Waals surface area contributed by atoms with E-state index in [2.05, 4.69) is 25.3 Å². The van der Waals surface area contributed by atoms with Gasteiger partial charge in [-0.25, -0.2) is 9.97 Å². The van der Waals surface area contributed by atoms with Crippen molar-refractivity contribution in [2.45, 2.75) is 26.8 Å². The molecule has 1 fully saturated rings. The van der Waals surface area contributed by atoms with Gasteiger partial charge in [-0.15, -0.1) is 0 Å². The highest BCUT2D eigenvalue weighted by Crippen LogP contribution is 2.16. The van der Waals surface area contributed by atoms with E-state index in [-0.39, 0.29) is 5.91 Å². The van der Waals surface area contributed by atoms with Crippen LogP contribution in [-0.4, -0.2) is 63.6 Å². The van der Waals surface area contributed by atoms with Gasteiger partial charge in [-0.2, -0.15) is 0 Å². The summed E-state index contributed by atoms with van der Waals surface area (Å²) in [6, 6.07) is 1.76.